The smallest absolute Gasteiger partial charge is 0.508 e. The molecule has 0 aliphatic carbocycles. The zero-order valence-corrected chi connectivity index (χ0v) is 36.1. The zero-order valence-electron chi connectivity index (χ0n) is 33.0. The van der Waals surface area contributed by atoms with Crippen LogP contribution in [0.2, 0.25) is 10.0 Å². The van der Waals surface area contributed by atoms with E-state index >= 15 is 0 Å². The summed E-state index contributed by atoms with van der Waals surface area (Å²) in [5.74, 6) is -1.19. The lowest BCUT2D eigenvalue weighted by Gasteiger charge is -2.12. The van der Waals surface area contributed by atoms with Gasteiger partial charge in [-0.25, -0.2) is 14.6 Å². The van der Waals surface area contributed by atoms with E-state index in [0.29, 0.717) is 32.5 Å². The summed E-state index contributed by atoms with van der Waals surface area (Å²) >= 11 is 15.1. The molecule has 0 unspecified atom stereocenters. The lowest BCUT2D eigenvalue weighted by molar-refractivity contribution is -0.275. The van der Waals surface area contributed by atoms with Crippen molar-refractivity contribution in [3.8, 4) is 29.0 Å². The van der Waals surface area contributed by atoms with Crippen LogP contribution in [0, 0.1) is 0 Å². The lowest BCUT2D eigenvalue weighted by Crippen LogP contribution is -2.29. The molecule has 0 fully saturated rings. The minimum absolute atomic E-state index is 0.0131. The molecule has 0 radical (unpaired) electrons. The van der Waals surface area contributed by atoms with Crippen molar-refractivity contribution in [1.29, 1.82) is 0 Å². The number of halogens is 9. The minimum Gasteiger partial charge on any atom is -0.508 e. The number of phenolic OH excluding ortho intramolecular Hbond substituents is 1. The van der Waals surface area contributed by atoms with E-state index in [1.807, 2.05) is 12.1 Å². The number of aromatic amines is 2. The molecular weight excluding hydrogens is 985 g/mol. The van der Waals surface area contributed by atoms with Crippen molar-refractivity contribution >= 4 is 61.5 Å². The molecule has 16 nitrogen and oxygen atoms in total. The zero-order chi connectivity index (χ0) is 47.4. The van der Waals surface area contributed by atoms with Gasteiger partial charge in [-0.05, 0) is 75.6 Å². The number of fused-ring (bicyclic) bond motifs is 2. The van der Waals surface area contributed by atoms with Gasteiger partial charge in [0.25, 0.3) is 11.1 Å². The molecule has 0 atom stereocenters. The Labute approximate surface area is 377 Å². The van der Waals surface area contributed by atoms with Crippen LogP contribution < -0.4 is 36.7 Å². The van der Waals surface area contributed by atoms with Crippen molar-refractivity contribution in [1.82, 2.24) is 38.2 Å². The molecule has 0 bridgehead atoms. The second-order valence-electron chi connectivity index (χ2n) is 13.4. The van der Waals surface area contributed by atoms with Crippen molar-refractivity contribution < 1.29 is 45.7 Å². The first-order chi connectivity index (χ1) is 30.5. The fourth-order valence-corrected chi connectivity index (χ4v) is 6.58. The van der Waals surface area contributed by atoms with Gasteiger partial charge in [-0.1, -0.05) is 59.6 Å². The molecule has 0 saturated heterocycles. The number of hydrogen-bond acceptors (Lipinski definition) is 10. The van der Waals surface area contributed by atoms with E-state index in [9.17, 15) is 45.5 Å². The predicted molar refractivity (Wildman–Crippen MR) is 228 cm³/mol. The summed E-state index contributed by atoms with van der Waals surface area (Å²) in [6.45, 7) is 0.554. The maximum absolute atomic E-state index is 12.5. The van der Waals surface area contributed by atoms with Crippen LogP contribution in [0.3, 0.4) is 0 Å². The van der Waals surface area contributed by atoms with Crippen LogP contribution in [0.25, 0.3) is 22.3 Å². The number of ether oxygens (including phenoxy) is 3. The summed E-state index contributed by atoms with van der Waals surface area (Å²) in [6.07, 6.45) is -9.58. The Bertz CT molecular complexity index is 3240. The van der Waals surface area contributed by atoms with E-state index in [0.717, 1.165) is 40.0 Å². The monoisotopic (exact) mass is 1010 g/mol. The van der Waals surface area contributed by atoms with Gasteiger partial charge in [0.15, 0.2) is 27.1 Å². The molecule has 4 aromatic carbocycles. The van der Waals surface area contributed by atoms with Crippen LogP contribution in [0.4, 0.5) is 26.3 Å². The molecule has 0 aliphatic rings. The van der Waals surface area contributed by atoms with Crippen molar-refractivity contribution in [2.24, 2.45) is 14.1 Å². The van der Waals surface area contributed by atoms with Gasteiger partial charge >= 0.3 is 30.1 Å². The van der Waals surface area contributed by atoms with Gasteiger partial charge in [-0.3, -0.25) is 33.3 Å². The lowest BCUT2D eigenvalue weighted by atomic mass is 10.2. The number of aromatic hydroxyl groups is 1. The van der Waals surface area contributed by atoms with Crippen molar-refractivity contribution in [2.45, 2.75) is 25.8 Å². The van der Waals surface area contributed by atoms with Crippen LogP contribution in [0.15, 0.2) is 121 Å². The number of aromatic nitrogens is 8. The Hall–Kier alpha value is -6.98. The molecule has 0 aliphatic heterocycles. The van der Waals surface area contributed by atoms with Crippen molar-refractivity contribution in [3.05, 3.63) is 165 Å². The van der Waals surface area contributed by atoms with Crippen LogP contribution >= 0.6 is 39.1 Å². The second-order valence-corrected chi connectivity index (χ2v) is 14.9. The SMILES string of the molecule is Cn1c(=O)[nH]c(=O)c2c1nc(Br)n2Cc1ccc(Cl)cc1.Cn1c(=O)[nH]c(=O)c2c1nc(Oc1cccc(OC(F)(F)F)c1)n2Cc1ccc(Cl)cc1.Oc1cccc(OC(F)(F)F)c1. The molecule has 0 spiro atoms. The molecule has 4 heterocycles. The first kappa shape index (κ1) is 47.5. The number of nitrogens with zero attached hydrogens (tertiary/aromatic N) is 6. The van der Waals surface area contributed by atoms with E-state index in [2.05, 4.69) is 45.3 Å². The maximum atomic E-state index is 12.5. The third kappa shape index (κ3) is 12.2. The van der Waals surface area contributed by atoms with Gasteiger partial charge < -0.3 is 23.9 Å². The Morgan fingerprint density at radius 3 is 1.55 bits per heavy atom. The number of benzene rings is 4. The number of rotatable bonds is 8. The fraction of sp³-hybridized carbons (Fsp3) is 0.150. The van der Waals surface area contributed by atoms with Gasteiger partial charge in [0.05, 0.1) is 13.1 Å². The number of imidazole rings is 2. The predicted octanol–water partition coefficient (Wildman–Crippen LogP) is 7.99. The van der Waals surface area contributed by atoms with E-state index in [1.165, 1.54) is 40.4 Å². The second kappa shape index (κ2) is 19.4. The highest BCUT2D eigenvalue weighted by Crippen LogP contribution is 2.31. The molecule has 8 rings (SSSR count). The molecule has 8 aromatic rings. The van der Waals surface area contributed by atoms with E-state index in [1.54, 1.807) is 48.0 Å². The summed E-state index contributed by atoms with van der Waals surface area (Å²) < 4.78 is 91.5. The third-order valence-electron chi connectivity index (χ3n) is 8.74. The van der Waals surface area contributed by atoms with E-state index in [4.69, 9.17) is 33.0 Å². The van der Waals surface area contributed by atoms with Crippen LogP contribution in [0.5, 0.6) is 29.0 Å². The van der Waals surface area contributed by atoms with Crippen molar-refractivity contribution in [3.63, 3.8) is 0 Å². The topological polar surface area (TPSA) is 193 Å². The number of aryl methyl sites for hydroxylation is 2. The highest BCUT2D eigenvalue weighted by Gasteiger charge is 2.32. The molecule has 0 saturated carbocycles. The van der Waals surface area contributed by atoms with Gasteiger partial charge in [0.1, 0.15) is 23.0 Å². The Morgan fingerprint density at radius 2 is 1.06 bits per heavy atom. The van der Waals surface area contributed by atoms with E-state index in [-0.39, 0.29) is 35.2 Å². The highest BCUT2D eigenvalue weighted by molar-refractivity contribution is 9.10. The van der Waals surface area contributed by atoms with Gasteiger partial charge in [0, 0.05) is 36.3 Å². The third-order valence-corrected chi connectivity index (χ3v) is 9.85. The largest absolute Gasteiger partial charge is 0.573 e. The molecule has 3 N–H and O–H groups in total. The average Bonchev–Trinajstić information content (AvgIpc) is 3.74. The molecule has 4 aromatic heterocycles. The minimum atomic E-state index is -4.87. The standard InChI is InChI=1S/C20H14ClF3N4O4.C13H10BrClN4O2.C7H5F3O2/c1-27-16-15(17(29)26-18(27)30)28(10-11-5-7-12(21)8-6-11)19(25-16)31-13-3-2-4-14(9-13)32-20(22,23)24;1-18-10-9(11(20)17-13(18)21)19(12(14)16-10)6-7-2-4-8(15)5-3-7;8-7(9,10)12-6-3-1-2-5(11)4-6/h2-9H,10H2,1H3,(H,26,29,30);2-5H,6H2,1H3,(H,17,20,21);1-4,11H. The van der Waals surface area contributed by atoms with E-state index < -0.39 is 46.7 Å². The molecule has 25 heteroatoms. The molecular formula is C40H29BrCl2F6N8O8. The summed E-state index contributed by atoms with van der Waals surface area (Å²) in [5, 5.41) is 9.93. The summed E-state index contributed by atoms with van der Waals surface area (Å²) in [7, 11) is 2.98. The van der Waals surface area contributed by atoms with Crippen LogP contribution in [-0.2, 0) is 27.2 Å². The summed E-state index contributed by atoms with van der Waals surface area (Å²) in [4.78, 5) is 61.1. The first-order valence-electron chi connectivity index (χ1n) is 18.2. The molecule has 340 valence electrons. The Kier molecular flexibility index (Phi) is 14.2. The maximum Gasteiger partial charge on any atom is 0.573 e. The normalized spacial score (nSPS) is 11.4. The number of H-pyrrole nitrogens is 2. The van der Waals surface area contributed by atoms with Crippen LogP contribution in [-0.4, -0.2) is 56.0 Å². The quantitative estimate of drug-likeness (QED) is 0.0993. The molecule has 0 amide bonds. The Balaban J connectivity index is 0.000000181. The number of alkyl halides is 6. The van der Waals surface area contributed by atoms with Gasteiger partial charge in [0.2, 0.25) is 0 Å². The Morgan fingerprint density at radius 1 is 0.631 bits per heavy atom. The number of hydrogen-bond donors (Lipinski definition) is 3. The van der Waals surface area contributed by atoms with Gasteiger partial charge in [-0.2, -0.15) is 4.98 Å². The number of phenols is 1. The average molecular weight is 1010 g/mol. The number of nitrogens with one attached hydrogen (secondary N) is 2. The highest BCUT2D eigenvalue weighted by atomic mass is 79.9. The van der Waals surface area contributed by atoms with Crippen LogP contribution in [0.1, 0.15) is 11.1 Å². The first-order valence-corrected chi connectivity index (χ1v) is 19.7. The van der Waals surface area contributed by atoms with Crippen molar-refractivity contribution in [2.75, 3.05) is 0 Å². The van der Waals surface area contributed by atoms with Gasteiger partial charge in [-0.15, -0.1) is 26.3 Å². The fourth-order valence-electron chi connectivity index (χ4n) is 5.86. The summed E-state index contributed by atoms with van der Waals surface area (Å²) in [6, 6.07) is 23.3. The summed E-state index contributed by atoms with van der Waals surface area (Å²) in [5.41, 5.74) is 0.179. The molecule has 65 heavy (non-hydrogen) atoms.